The number of benzene rings is 2. The molecule has 33 heavy (non-hydrogen) atoms. The summed E-state index contributed by atoms with van der Waals surface area (Å²) >= 11 is 0. The van der Waals surface area contributed by atoms with E-state index in [2.05, 4.69) is 53.2 Å². The summed E-state index contributed by atoms with van der Waals surface area (Å²) in [6.45, 7) is 6.25. The topological polar surface area (TPSA) is 46.7 Å². The standard InChI is InChI=1S/C28H36N2O3/c1-19-22(23-6-4-5-7-25(23)29-19)8-9-26-24-17-28(32-3)27(31-2)16-21(24)10-13-30(26)18-20-11-14-33-15-12-20/h4-7,16-17,20,26,29H,8-15,18H2,1-3H3. The molecule has 1 N–H and O–H groups in total. The van der Waals surface area contributed by atoms with Crippen molar-refractivity contribution in [1.82, 2.24) is 9.88 Å². The second-order valence-corrected chi connectivity index (χ2v) is 9.54. The molecule has 1 fully saturated rings. The van der Waals surface area contributed by atoms with Gasteiger partial charge in [0, 0.05) is 48.9 Å². The van der Waals surface area contributed by atoms with Crippen molar-refractivity contribution in [2.45, 2.75) is 45.1 Å². The number of H-pyrrole nitrogens is 1. The lowest BCUT2D eigenvalue weighted by Crippen LogP contribution is -2.40. The maximum absolute atomic E-state index is 5.70. The van der Waals surface area contributed by atoms with Crippen LogP contribution in [0.15, 0.2) is 36.4 Å². The van der Waals surface area contributed by atoms with Crippen LogP contribution >= 0.6 is 0 Å². The number of nitrogens with one attached hydrogen (secondary N) is 1. The maximum atomic E-state index is 5.70. The van der Waals surface area contributed by atoms with Gasteiger partial charge in [-0.2, -0.15) is 0 Å². The highest BCUT2D eigenvalue weighted by Crippen LogP contribution is 2.41. The normalized spacial score (nSPS) is 19.5. The van der Waals surface area contributed by atoms with E-state index >= 15 is 0 Å². The molecule has 0 radical (unpaired) electrons. The van der Waals surface area contributed by atoms with Crippen LogP contribution in [-0.4, -0.2) is 50.4 Å². The Balaban J connectivity index is 1.46. The number of ether oxygens (including phenoxy) is 3. The molecule has 5 nitrogen and oxygen atoms in total. The zero-order valence-electron chi connectivity index (χ0n) is 20.2. The number of aromatic amines is 1. The first kappa shape index (κ1) is 22.3. The highest BCUT2D eigenvalue weighted by Gasteiger charge is 2.31. The van der Waals surface area contributed by atoms with Crippen molar-refractivity contribution in [1.29, 1.82) is 0 Å². The van der Waals surface area contributed by atoms with Crippen molar-refractivity contribution in [3.8, 4) is 11.5 Å². The molecule has 0 amide bonds. The first-order chi connectivity index (χ1) is 16.2. The third-order valence-corrected chi connectivity index (χ3v) is 7.64. The fourth-order valence-corrected chi connectivity index (χ4v) is 5.84. The van der Waals surface area contributed by atoms with Crippen LogP contribution in [0.5, 0.6) is 11.5 Å². The van der Waals surface area contributed by atoms with Crippen LogP contribution in [0.25, 0.3) is 10.9 Å². The van der Waals surface area contributed by atoms with E-state index in [1.807, 2.05) is 0 Å². The Morgan fingerprint density at radius 3 is 2.61 bits per heavy atom. The molecule has 2 aliphatic heterocycles. The summed E-state index contributed by atoms with van der Waals surface area (Å²) in [5.74, 6) is 2.38. The number of nitrogens with zero attached hydrogens (tertiary/aromatic N) is 1. The van der Waals surface area contributed by atoms with E-state index in [0.717, 1.165) is 63.0 Å². The molecule has 0 saturated carbocycles. The molecule has 5 rings (SSSR count). The Bertz CT molecular complexity index is 1100. The lowest BCUT2D eigenvalue weighted by atomic mass is 9.86. The molecule has 5 heteroatoms. The Hall–Kier alpha value is -2.50. The minimum absolute atomic E-state index is 0.379. The third kappa shape index (κ3) is 4.49. The average Bonchev–Trinajstić information content (AvgIpc) is 3.17. The zero-order valence-corrected chi connectivity index (χ0v) is 20.2. The minimum atomic E-state index is 0.379. The smallest absolute Gasteiger partial charge is 0.161 e. The molecular formula is C28H36N2O3. The predicted molar refractivity (Wildman–Crippen MR) is 132 cm³/mol. The van der Waals surface area contributed by atoms with Crippen molar-refractivity contribution in [3.63, 3.8) is 0 Å². The van der Waals surface area contributed by atoms with Gasteiger partial charge >= 0.3 is 0 Å². The van der Waals surface area contributed by atoms with Crippen molar-refractivity contribution in [3.05, 3.63) is 58.8 Å². The summed E-state index contributed by atoms with van der Waals surface area (Å²) in [5, 5.41) is 1.36. The lowest BCUT2D eigenvalue weighted by Gasteiger charge is -2.40. The molecule has 1 unspecified atom stereocenters. The van der Waals surface area contributed by atoms with Crippen LogP contribution in [0.2, 0.25) is 0 Å². The average molecular weight is 449 g/mol. The molecule has 3 aromatic rings. The zero-order chi connectivity index (χ0) is 22.8. The summed E-state index contributed by atoms with van der Waals surface area (Å²) in [5.41, 5.74) is 6.78. The number of para-hydroxylation sites is 1. The molecule has 0 aliphatic carbocycles. The van der Waals surface area contributed by atoms with Crippen LogP contribution in [0.1, 0.15) is 47.7 Å². The van der Waals surface area contributed by atoms with Gasteiger partial charge in [0.15, 0.2) is 11.5 Å². The quantitative estimate of drug-likeness (QED) is 0.522. The number of hydrogen-bond acceptors (Lipinski definition) is 4. The van der Waals surface area contributed by atoms with E-state index in [9.17, 15) is 0 Å². The van der Waals surface area contributed by atoms with Gasteiger partial charge in [-0.05, 0) is 79.8 Å². The number of aromatic nitrogens is 1. The molecule has 176 valence electrons. The largest absolute Gasteiger partial charge is 0.493 e. The van der Waals surface area contributed by atoms with Gasteiger partial charge in [-0.3, -0.25) is 4.90 Å². The Kier molecular flexibility index (Phi) is 6.61. The van der Waals surface area contributed by atoms with E-state index < -0.39 is 0 Å². The minimum Gasteiger partial charge on any atom is -0.493 e. The van der Waals surface area contributed by atoms with Crippen LogP contribution in [0.3, 0.4) is 0 Å². The highest BCUT2D eigenvalue weighted by atomic mass is 16.5. The van der Waals surface area contributed by atoms with E-state index in [4.69, 9.17) is 14.2 Å². The van der Waals surface area contributed by atoms with E-state index in [1.54, 1.807) is 14.2 Å². The number of fused-ring (bicyclic) bond motifs is 2. The SMILES string of the molecule is COc1cc2c(cc1OC)C(CCc1c(C)[nH]c3ccccc13)N(CC1CCOCC1)CC2. The highest BCUT2D eigenvalue weighted by molar-refractivity contribution is 5.84. The van der Waals surface area contributed by atoms with E-state index in [1.165, 1.54) is 46.1 Å². The van der Waals surface area contributed by atoms with Gasteiger partial charge in [0.1, 0.15) is 0 Å². The molecule has 0 bridgehead atoms. The second-order valence-electron chi connectivity index (χ2n) is 9.54. The molecule has 1 saturated heterocycles. The van der Waals surface area contributed by atoms with Gasteiger partial charge in [-0.25, -0.2) is 0 Å². The van der Waals surface area contributed by atoms with Crippen LogP contribution in [0.4, 0.5) is 0 Å². The van der Waals surface area contributed by atoms with Crippen molar-refractivity contribution >= 4 is 10.9 Å². The lowest BCUT2D eigenvalue weighted by molar-refractivity contribution is 0.0423. The number of rotatable bonds is 7. The maximum Gasteiger partial charge on any atom is 0.161 e. The van der Waals surface area contributed by atoms with Gasteiger partial charge in [0.2, 0.25) is 0 Å². The summed E-state index contributed by atoms with van der Waals surface area (Å²) < 4.78 is 16.9. The molecule has 2 aromatic carbocycles. The Morgan fingerprint density at radius 1 is 1.06 bits per heavy atom. The third-order valence-electron chi connectivity index (χ3n) is 7.64. The molecule has 1 atom stereocenters. The van der Waals surface area contributed by atoms with Crippen LogP contribution < -0.4 is 9.47 Å². The van der Waals surface area contributed by atoms with Gasteiger partial charge in [-0.15, -0.1) is 0 Å². The Morgan fingerprint density at radius 2 is 1.82 bits per heavy atom. The summed E-state index contributed by atoms with van der Waals surface area (Å²) in [6.07, 6.45) is 5.54. The summed E-state index contributed by atoms with van der Waals surface area (Å²) in [4.78, 5) is 6.31. The molecule has 3 heterocycles. The van der Waals surface area contributed by atoms with Gasteiger partial charge in [0.05, 0.1) is 14.2 Å². The number of aryl methyl sites for hydroxylation is 2. The number of methoxy groups -OCH3 is 2. The molecule has 0 spiro atoms. The van der Waals surface area contributed by atoms with Crippen LogP contribution in [-0.2, 0) is 17.6 Å². The predicted octanol–water partition coefficient (Wildman–Crippen LogP) is 5.45. The van der Waals surface area contributed by atoms with Crippen molar-refractivity contribution in [2.75, 3.05) is 40.5 Å². The second kappa shape index (κ2) is 9.78. The summed E-state index contributed by atoms with van der Waals surface area (Å²) in [7, 11) is 3.46. The van der Waals surface area contributed by atoms with Crippen molar-refractivity contribution < 1.29 is 14.2 Å². The summed E-state index contributed by atoms with van der Waals surface area (Å²) in [6, 6.07) is 13.5. The fourth-order valence-electron chi connectivity index (χ4n) is 5.84. The molecule has 1 aromatic heterocycles. The first-order valence-corrected chi connectivity index (χ1v) is 12.3. The first-order valence-electron chi connectivity index (χ1n) is 12.3. The molecular weight excluding hydrogens is 412 g/mol. The van der Waals surface area contributed by atoms with E-state index in [0.29, 0.717) is 6.04 Å². The van der Waals surface area contributed by atoms with Crippen LogP contribution in [0, 0.1) is 12.8 Å². The fraction of sp³-hybridized carbons (Fsp3) is 0.500. The van der Waals surface area contributed by atoms with Gasteiger partial charge < -0.3 is 19.2 Å². The Labute approximate surface area is 197 Å². The van der Waals surface area contributed by atoms with Crippen molar-refractivity contribution in [2.24, 2.45) is 5.92 Å². The van der Waals surface area contributed by atoms with E-state index in [-0.39, 0.29) is 0 Å². The van der Waals surface area contributed by atoms with Gasteiger partial charge in [0.25, 0.3) is 0 Å². The monoisotopic (exact) mass is 448 g/mol. The number of hydrogen-bond donors (Lipinski definition) is 1. The van der Waals surface area contributed by atoms with Gasteiger partial charge in [-0.1, -0.05) is 18.2 Å². The molecule has 2 aliphatic rings.